The van der Waals surface area contributed by atoms with Crippen LogP contribution in [-0.2, 0) is 0 Å². The maximum Gasteiger partial charge on any atom is 0.255 e. The van der Waals surface area contributed by atoms with E-state index in [1.807, 2.05) is 29.2 Å². The number of rotatable bonds is 2. The second-order valence-electron chi connectivity index (χ2n) is 5.17. The number of hydrogen-bond donors (Lipinski definition) is 1. The number of likely N-dealkylation sites (tertiary alicyclic amines) is 1. The van der Waals surface area contributed by atoms with Gasteiger partial charge in [-0.2, -0.15) is 0 Å². The van der Waals surface area contributed by atoms with Gasteiger partial charge in [0, 0.05) is 18.7 Å². The van der Waals surface area contributed by atoms with Crippen LogP contribution >= 0.6 is 0 Å². The van der Waals surface area contributed by atoms with Crippen LogP contribution in [0.3, 0.4) is 0 Å². The van der Waals surface area contributed by atoms with E-state index in [2.05, 4.69) is 18.8 Å². The van der Waals surface area contributed by atoms with Gasteiger partial charge in [0.2, 0.25) is 0 Å². The number of carbonyl (C=O) groups excluding carboxylic acids is 1. The molecule has 1 unspecified atom stereocenters. The van der Waals surface area contributed by atoms with E-state index in [4.69, 9.17) is 5.11 Å². The van der Waals surface area contributed by atoms with E-state index in [9.17, 15) is 4.79 Å². The predicted molar refractivity (Wildman–Crippen MR) is 79.3 cm³/mol. The van der Waals surface area contributed by atoms with Crippen molar-refractivity contribution < 1.29 is 9.90 Å². The first-order valence-electron chi connectivity index (χ1n) is 7.24. The molecule has 1 aliphatic rings. The third-order valence-corrected chi connectivity index (χ3v) is 3.84. The van der Waals surface area contributed by atoms with Crippen LogP contribution < -0.4 is 0 Å². The van der Waals surface area contributed by atoms with Gasteiger partial charge in [-0.1, -0.05) is 37.3 Å². The number of benzene rings is 1. The highest BCUT2D eigenvalue weighted by atomic mass is 16.2. The first-order chi connectivity index (χ1) is 9.76. The van der Waals surface area contributed by atoms with Crippen LogP contribution in [0.25, 0.3) is 0 Å². The molecule has 106 valence electrons. The normalized spacial score (nSPS) is 18.3. The zero-order valence-electron chi connectivity index (χ0n) is 11.9. The quantitative estimate of drug-likeness (QED) is 0.838. The molecule has 1 aromatic carbocycles. The monoisotopic (exact) mass is 271 g/mol. The Morgan fingerprint density at radius 1 is 1.45 bits per heavy atom. The number of aliphatic hydroxyl groups excluding tert-OH is 1. The largest absolute Gasteiger partial charge is 0.384 e. The van der Waals surface area contributed by atoms with Gasteiger partial charge >= 0.3 is 0 Å². The van der Waals surface area contributed by atoms with E-state index in [0.717, 1.165) is 25.9 Å². The Morgan fingerprint density at radius 2 is 2.25 bits per heavy atom. The fourth-order valence-electron chi connectivity index (χ4n) is 2.67. The molecule has 0 bridgehead atoms. The van der Waals surface area contributed by atoms with Crippen molar-refractivity contribution in [2.45, 2.75) is 26.2 Å². The van der Waals surface area contributed by atoms with Crippen molar-refractivity contribution in [1.82, 2.24) is 4.90 Å². The van der Waals surface area contributed by atoms with Gasteiger partial charge in [-0.05, 0) is 30.9 Å². The maximum atomic E-state index is 12.6. The minimum Gasteiger partial charge on any atom is -0.384 e. The molecule has 0 aromatic heterocycles. The first-order valence-corrected chi connectivity index (χ1v) is 7.24. The summed E-state index contributed by atoms with van der Waals surface area (Å²) in [7, 11) is 0. The van der Waals surface area contributed by atoms with Gasteiger partial charge in [-0.25, -0.2) is 0 Å². The number of nitrogens with zero attached hydrogens (tertiary/aromatic N) is 1. The minimum absolute atomic E-state index is 0.0611. The Kier molecular flexibility index (Phi) is 5.20. The fourth-order valence-corrected chi connectivity index (χ4v) is 2.67. The van der Waals surface area contributed by atoms with Gasteiger partial charge in [-0.3, -0.25) is 4.79 Å². The van der Waals surface area contributed by atoms with Crippen molar-refractivity contribution in [1.29, 1.82) is 0 Å². The van der Waals surface area contributed by atoms with Gasteiger partial charge < -0.3 is 10.0 Å². The summed E-state index contributed by atoms with van der Waals surface area (Å²) < 4.78 is 0. The summed E-state index contributed by atoms with van der Waals surface area (Å²) in [5, 5.41) is 8.80. The predicted octanol–water partition coefficient (Wildman–Crippen LogP) is 2.29. The molecule has 0 saturated carbocycles. The van der Waals surface area contributed by atoms with Crippen molar-refractivity contribution in [2.75, 3.05) is 19.7 Å². The summed E-state index contributed by atoms with van der Waals surface area (Å²) in [5.74, 6) is 6.15. The molecule has 3 nitrogen and oxygen atoms in total. The van der Waals surface area contributed by atoms with Crippen LogP contribution in [0.5, 0.6) is 0 Å². The van der Waals surface area contributed by atoms with Crippen LogP contribution in [0.15, 0.2) is 24.3 Å². The average molecular weight is 271 g/mol. The van der Waals surface area contributed by atoms with Crippen molar-refractivity contribution in [3.05, 3.63) is 35.4 Å². The van der Waals surface area contributed by atoms with Gasteiger partial charge in [0.05, 0.1) is 5.56 Å². The summed E-state index contributed by atoms with van der Waals surface area (Å²) in [5.41, 5.74) is 1.34. The number of carbonyl (C=O) groups is 1. The lowest BCUT2D eigenvalue weighted by atomic mass is 9.94. The van der Waals surface area contributed by atoms with Crippen molar-refractivity contribution in [2.24, 2.45) is 5.92 Å². The average Bonchev–Trinajstić information content (AvgIpc) is 2.52. The standard InChI is InChI=1S/C17H21NO2/c1-2-14-7-5-11-18(13-14)17(20)16-10-4-3-8-15(16)9-6-12-19/h3-4,8,10,14,19H,2,5,7,11-13H2,1H3. The lowest BCUT2D eigenvalue weighted by Gasteiger charge is -2.32. The van der Waals surface area contributed by atoms with E-state index in [1.54, 1.807) is 0 Å². The highest BCUT2D eigenvalue weighted by Crippen LogP contribution is 2.21. The lowest BCUT2D eigenvalue weighted by Crippen LogP contribution is -2.40. The van der Waals surface area contributed by atoms with E-state index < -0.39 is 0 Å². The summed E-state index contributed by atoms with van der Waals surface area (Å²) in [6.45, 7) is 3.66. The molecular formula is C17H21NO2. The molecule has 1 aromatic rings. The Morgan fingerprint density at radius 3 is 3.00 bits per heavy atom. The molecule has 0 radical (unpaired) electrons. The van der Waals surface area contributed by atoms with Crippen molar-refractivity contribution in [3.8, 4) is 11.8 Å². The summed E-state index contributed by atoms with van der Waals surface area (Å²) in [6.07, 6.45) is 3.41. The molecule has 1 amide bonds. The topological polar surface area (TPSA) is 40.5 Å². The molecule has 1 aliphatic heterocycles. The first kappa shape index (κ1) is 14.6. The zero-order valence-corrected chi connectivity index (χ0v) is 11.9. The number of piperidine rings is 1. The van der Waals surface area contributed by atoms with Crippen LogP contribution in [0.1, 0.15) is 42.1 Å². The molecule has 1 fully saturated rings. The van der Waals surface area contributed by atoms with E-state index in [0.29, 0.717) is 17.0 Å². The molecular weight excluding hydrogens is 250 g/mol. The molecule has 3 heteroatoms. The maximum absolute atomic E-state index is 12.6. The lowest BCUT2D eigenvalue weighted by molar-refractivity contribution is 0.0671. The molecule has 0 spiro atoms. The Labute approximate surface area is 120 Å². The highest BCUT2D eigenvalue weighted by molar-refractivity contribution is 5.96. The van der Waals surface area contributed by atoms with E-state index >= 15 is 0 Å². The second-order valence-corrected chi connectivity index (χ2v) is 5.17. The van der Waals surface area contributed by atoms with Gasteiger partial charge in [0.15, 0.2) is 0 Å². The molecule has 20 heavy (non-hydrogen) atoms. The molecule has 0 aliphatic carbocycles. The second kappa shape index (κ2) is 7.12. The Bertz CT molecular complexity index is 527. The molecule has 1 heterocycles. The van der Waals surface area contributed by atoms with Gasteiger partial charge in [-0.15, -0.1) is 0 Å². The third-order valence-electron chi connectivity index (χ3n) is 3.84. The number of hydrogen-bond acceptors (Lipinski definition) is 2. The summed E-state index contributed by atoms with van der Waals surface area (Å²) >= 11 is 0. The Balaban J connectivity index is 2.20. The molecule has 1 N–H and O–H groups in total. The zero-order chi connectivity index (χ0) is 14.4. The van der Waals surface area contributed by atoms with Gasteiger partial charge in [0.25, 0.3) is 5.91 Å². The molecule has 1 atom stereocenters. The van der Waals surface area contributed by atoms with E-state index in [-0.39, 0.29) is 12.5 Å². The number of aliphatic hydroxyl groups is 1. The van der Waals surface area contributed by atoms with Crippen molar-refractivity contribution >= 4 is 5.91 Å². The molecule has 1 saturated heterocycles. The van der Waals surface area contributed by atoms with Gasteiger partial charge in [0.1, 0.15) is 6.61 Å². The highest BCUT2D eigenvalue weighted by Gasteiger charge is 2.24. The summed E-state index contributed by atoms with van der Waals surface area (Å²) in [4.78, 5) is 14.6. The summed E-state index contributed by atoms with van der Waals surface area (Å²) in [6, 6.07) is 7.37. The minimum atomic E-state index is -0.190. The third kappa shape index (κ3) is 3.40. The van der Waals surface area contributed by atoms with Crippen LogP contribution in [0.4, 0.5) is 0 Å². The van der Waals surface area contributed by atoms with Crippen molar-refractivity contribution in [3.63, 3.8) is 0 Å². The fraction of sp³-hybridized carbons (Fsp3) is 0.471. The number of amides is 1. The smallest absolute Gasteiger partial charge is 0.255 e. The SMILES string of the molecule is CCC1CCCN(C(=O)c2ccccc2C#CCO)C1. The van der Waals surface area contributed by atoms with Crippen LogP contribution in [0.2, 0.25) is 0 Å². The van der Waals surface area contributed by atoms with E-state index in [1.165, 1.54) is 6.42 Å². The van der Waals surface area contributed by atoms with Crippen LogP contribution in [0, 0.1) is 17.8 Å². The molecule has 2 rings (SSSR count). The Hall–Kier alpha value is -1.79. The van der Waals surface area contributed by atoms with Crippen LogP contribution in [-0.4, -0.2) is 35.6 Å².